The molecule has 0 aliphatic carbocycles. The molecule has 1 aliphatic rings. The van der Waals surface area contributed by atoms with Gasteiger partial charge in [-0.05, 0) is 37.8 Å². The molecule has 0 spiro atoms. The lowest BCUT2D eigenvalue weighted by Crippen LogP contribution is -2.46. The Morgan fingerprint density at radius 2 is 2.04 bits per heavy atom. The third-order valence-corrected chi connectivity index (χ3v) is 4.42. The van der Waals surface area contributed by atoms with Gasteiger partial charge in [-0.15, -0.1) is 0 Å². The van der Waals surface area contributed by atoms with Gasteiger partial charge in [0.2, 0.25) is 0 Å². The molecule has 1 fully saturated rings. The van der Waals surface area contributed by atoms with Crippen LogP contribution in [0.4, 0.5) is 0 Å². The first-order valence-corrected chi connectivity index (χ1v) is 7.86. The lowest BCUT2D eigenvalue weighted by molar-refractivity contribution is 0.0480. The molecule has 122 valence electrons. The highest BCUT2D eigenvalue weighted by atomic mass is 16.3. The number of carbonyl (C=O) groups is 1. The van der Waals surface area contributed by atoms with Crippen LogP contribution in [0, 0.1) is 5.92 Å². The van der Waals surface area contributed by atoms with E-state index in [-0.39, 0.29) is 35.9 Å². The van der Waals surface area contributed by atoms with Crippen LogP contribution in [-0.4, -0.2) is 50.0 Å². The minimum absolute atomic E-state index is 0.0549. The van der Waals surface area contributed by atoms with Gasteiger partial charge in [-0.1, -0.05) is 18.2 Å². The summed E-state index contributed by atoms with van der Waals surface area (Å²) in [5, 5.41) is 23.7. The summed E-state index contributed by atoms with van der Waals surface area (Å²) in [4.78, 5) is 14.4. The number of piperidine rings is 1. The maximum absolute atomic E-state index is 12.7. The van der Waals surface area contributed by atoms with Crippen LogP contribution in [0.5, 0.6) is 5.75 Å². The Morgan fingerprint density at radius 3 is 2.74 bits per heavy atom. The van der Waals surface area contributed by atoms with Crippen LogP contribution < -0.4 is 0 Å². The van der Waals surface area contributed by atoms with Crippen molar-refractivity contribution >= 4 is 5.91 Å². The molecule has 1 aromatic heterocycles. The quantitative estimate of drug-likeness (QED) is 0.905. The van der Waals surface area contributed by atoms with Crippen LogP contribution in [0.25, 0.3) is 5.69 Å². The van der Waals surface area contributed by atoms with Crippen LogP contribution in [-0.2, 0) is 0 Å². The highest BCUT2D eigenvalue weighted by Crippen LogP contribution is 2.26. The van der Waals surface area contributed by atoms with E-state index in [1.807, 2.05) is 37.3 Å². The SMILES string of the molecule is CC1CCC(CO)CN1C(=O)c1nn(-c2ccccc2)cc1O. The molecule has 0 bridgehead atoms. The first-order chi connectivity index (χ1) is 11.1. The Kier molecular flexibility index (Phi) is 4.34. The predicted octanol–water partition coefficient (Wildman–Crippen LogP) is 1.81. The normalized spacial score (nSPS) is 21.4. The van der Waals surface area contributed by atoms with E-state index in [1.54, 1.807) is 4.90 Å². The van der Waals surface area contributed by atoms with E-state index < -0.39 is 0 Å². The van der Waals surface area contributed by atoms with Gasteiger partial charge in [-0.3, -0.25) is 4.79 Å². The molecule has 2 atom stereocenters. The Bertz CT molecular complexity index is 684. The van der Waals surface area contributed by atoms with Crippen LogP contribution in [0.3, 0.4) is 0 Å². The zero-order chi connectivity index (χ0) is 16.4. The minimum atomic E-state index is -0.289. The summed E-state index contributed by atoms with van der Waals surface area (Å²) in [6, 6.07) is 9.41. The summed E-state index contributed by atoms with van der Waals surface area (Å²) in [6.45, 7) is 2.55. The molecule has 1 saturated heterocycles. The lowest BCUT2D eigenvalue weighted by Gasteiger charge is -2.37. The first kappa shape index (κ1) is 15.6. The van der Waals surface area contributed by atoms with Gasteiger partial charge in [0, 0.05) is 19.2 Å². The van der Waals surface area contributed by atoms with E-state index in [0.717, 1.165) is 18.5 Å². The van der Waals surface area contributed by atoms with Gasteiger partial charge in [-0.25, -0.2) is 4.68 Å². The lowest BCUT2D eigenvalue weighted by atomic mass is 9.94. The van der Waals surface area contributed by atoms with Crippen molar-refractivity contribution in [1.82, 2.24) is 14.7 Å². The maximum Gasteiger partial charge on any atom is 0.278 e. The number of rotatable bonds is 3. The number of carbonyl (C=O) groups excluding carboxylic acids is 1. The fourth-order valence-electron chi connectivity index (χ4n) is 2.98. The van der Waals surface area contributed by atoms with E-state index in [1.165, 1.54) is 10.9 Å². The molecule has 0 saturated carbocycles. The Hall–Kier alpha value is -2.34. The molecule has 2 unspecified atom stereocenters. The van der Waals surface area contributed by atoms with E-state index >= 15 is 0 Å². The van der Waals surface area contributed by atoms with Crippen molar-refractivity contribution in [2.45, 2.75) is 25.8 Å². The largest absolute Gasteiger partial charge is 0.504 e. The molecule has 1 aliphatic heterocycles. The number of likely N-dealkylation sites (tertiary alicyclic amines) is 1. The molecule has 6 heteroatoms. The van der Waals surface area contributed by atoms with E-state index in [0.29, 0.717) is 6.54 Å². The van der Waals surface area contributed by atoms with Crippen LogP contribution in [0.1, 0.15) is 30.3 Å². The van der Waals surface area contributed by atoms with Gasteiger partial charge >= 0.3 is 0 Å². The fourth-order valence-corrected chi connectivity index (χ4v) is 2.98. The van der Waals surface area contributed by atoms with Crippen molar-refractivity contribution in [1.29, 1.82) is 0 Å². The second-order valence-electron chi connectivity index (χ2n) is 6.08. The summed E-state index contributed by atoms with van der Waals surface area (Å²) >= 11 is 0. The average Bonchev–Trinajstić information content (AvgIpc) is 2.97. The number of hydrogen-bond acceptors (Lipinski definition) is 4. The molecule has 6 nitrogen and oxygen atoms in total. The number of nitrogens with zero attached hydrogens (tertiary/aromatic N) is 3. The Morgan fingerprint density at radius 1 is 1.30 bits per heavy atom. The number of aliphatic hydroxyl groups excluding tert-OH is 1. The van der Waals surface area contributed by atoms with Crippen LogP contribution in [0.15, 0.2) is 36.5 Å². The number of aromatic nitrogens is 2. The van der Waals surface area contributed by atoms with Crippen molar-refractivity contribution in [3.8, 4) is 11.4 Å². The zero-order valence-electron chi connectivity index (χ0n) is 13.1. The molecule has 1 aromatic carbocycles. The molecule has 2 heterocycles. The summed E-state index contributed by atoms with van der Waals surface area (Å²) < 4.78 is 1.50. The smallest absolute Gasteiger partial charge is 0.278 e. The van der Waals surface area contributed by atoms with Crippen molar-refractivity contribution in [3.05, 3.63) is 42.2 Å². The number of amides is 1. The summed E-state index contributed by atoms with van der Waals surface area (Å²) in [6.07, 6.45) is 3.20. The zero-order valence-corrected chi connectivity index (χ0v) is 13.1. The number of para-hydroxylation sites is 1. The molecule has 23 heavy (non-hydrogen) atoms. The molecule has 2 aromatic rings. The number of benzene rings is 1. The molecule has 1 amide bonds. The molecule has 0 radical (unpaired) electrons. The van der Waals surface area contributed by atoms with Crippen LogP contribution in [0.2, 0.25) is 0 Å². The second kappa shape index (κ2) is 6.42. The molecule has 2 N–H and O–H groups in total. The summed E-state index contributed by atoms with van der Waals surface area (Å²) in [5.41, 5.74) is 0.834. The van der Waals surface area contributed by atoms with E-state index in [2.05, 4.69) is 5.10 Å². The summed E-state index contributed by atoms with van der Waals surface area (Å²) in [7, 11) is 0. The van der Waals surface area contributed by atoms with E-state index in [4.69, 9.17) is 0 Å². The summed E-state index contributed by atoms with van der Waals surface area (Å²) in [5.74, 6) is -0.325. The molecule has 3 rings (SSSR count). The van der Waals surface area contributed by atoms with Crippen LogP contribution >= 0.6 is 0 Å². The average molecular weight is 315 g/mol. The second-order valence-corrected chi connectivity index (χ2v) is 6.08. The minimum Gasteiger partial charge on any atom is -0.504 e. The Labute approximate surface area is 135 Å². The van der Waals surface area contributed by atoms with Gasteiger partial charge in [-0.2, -0.15) is 5.10 Å². The Balaban J connectivity index is 1.86. The predicted molar refractivity (Wildman–Crippen MR) is 85.5 cm³/mol. The van der Waals surface area contributed by atoms with Crippen molar-refractivity contribution in [2.75, 3.05) is 13.2 Å². The number of aliphatic hydroxyl groups is 1. The van der Waals surface area contributed by atoms with Crippen molar-refractivity contribution in [3.63, 3.8) is 0 Å². The van der Waals surface area contributed by atoms with Crippen molar-refractivity contribution in [2.24, 2.45) is 5.92 Å². The van der Waals surface area contributed by atoms with Gasteiger partial charge in [0.15, 0.2) is 11.4 Å². The highest BCUT2D eigenvalue weighted by molar-refractivity contribution is 5.95. The number of hydrogen-bond donors (Lipinski definition) is 2. The molecular formula is C17H21N3O3. The highest BCUT2D eigenvalue weighted by Gasteiger charge is 2.32. The topological polar surface area (TPSA) is 78.6 Å². The van der Waals surface area contributed by atoms with E-state index in [9.17, 15) is 15.0 Å². The fraction of sp³-hybridized carbons (Fsp3) is 0.412. The van der Waals surface area contributed by atoms with Gasteiger partial charge < -0.3 is 15.1 Å². The first-order valence-electron chi connectivity index (χ1n) is 7.86. The molecular weight excluding hydrogens is 294 g/mol. The third kappa shape index (κ3) is 3.07. The maximum atomic E-state index is 12.7. The van der Waals surface area contributed by atoms with Crippen molar-refractivity contribution < 1.29 is 15.0 Å². The third-order valence-electron chi connectivity index (χ3n) is 4.42. The number of aromatic hydroxyl groups is 1. The standard InChI is InChI=1S/C17H21N3O3/c1-12-7-8-13(11-21)9-19(12)17(23)16-15(22)10-20(18-16)14-5-3-2-4-6-14/h2-6,10,12-13,21-22H,7-9,11H2,1H3. The van der Waals surface area contributed by atoms with Gasteiger partial charge in [0.25, 0.3) is 5.91 Å². The van der Waals surface area contributed by atoms with Gasteiger partial charge in [0.05, 0.1) is 11.9 Å². The van der Waals surface area contributed by atoms with Gasteiger partial charge in [0.1, 0.15) is 0 Å². The monoisotopic (exact) mass is 315 g/mol.